The van der Waals surface area contributed by atoms with Crippen molar-refractivity contribution in [1.82, 2.24) is 5.43 Å². The molecule has 1 heterocycles. The molecule has 0 atom stereocenters. The van der Waals surface area contributed by atoms with E-state index in [1.54, 1.807) is 0 Å². The molecule has 0 saturated carbocycles. The average Bonchev–Trinajstić information content (AvgIpc) is 2.74. The van der Waals surface area contributed by atoms with Gasteiger partial charge in [0.15, 0.2) is 0 Å². The van der Waals surface area contributed by atoms with Crippen LogP contribution in [0.2, 0.25) is 0 Å². The van der Waals surface area contributed by atoms with Gasteiger partial charge < -0.3 is 0 Å². The molecule has 1 aromatic carbocycles. The van der Waals surface area contributed by atoms with Gasteiger partial charge in [0.2, 0.25) is 0 Å². The third-order valence-electron chi connectivity index (χ3n) is 3.09. The van der Waals surface area contributed by atoms with Crippen molar-refractivity contribution in [2.45, 2.75) is 12.8 Å². The van der Waals surface area contributed by atoms with Crippen molar-refractivity contribution in [2.75, 3.05) is 0 Å². The molecule has 0 bridgehead atoms. The Morgan fingerprint density at radius 1 is 1.05 bits per heavy atom. The lowest BCUT2D eigenvalue weighted by molar-refractivity contribution is -0.900. The third kappa shape index (κ3) is 2.01. The molecule has 1 aromatic rings. The molecule has 0 radical (unpaired) electrons. The molecule has 8 nitrogen and oxygen atoms in total. The van der Waals surface area contributed by atoms with E-state index in [0.717, 1.165) is 0 Å². The highest BCUT2D eigenvalue weighted by Gasteiger charge is 2.56. The van der Waals surface area contributed by atoms with Crippen LogP contribution in [-0.4, -0.2) is 33.5 Å². The second kappa shape index (κ2) is 4.93. The molecule has 20 heavy (non-hydrogen) atoms. The summed E-state index contributed by atoms with van der Waals surface area (Å²) in [5.74, 6) is 1.66. The van der Waals surface area contributed by atoms with Gasteiger partial charge in [-0.3, -0.25) is 10.2 Å². The van der Waals surface area contributed by atoms with Crippen molar-refractivity contribution in [3.8, 4) is 0 Å². The minimum atomic E-state index is -1.84. The fourth-order valence-electron chi connectivity index (χ4n) is 1.94. The summed E-state index contributed by atoms with van der Waals surface area (Å²) in [7, 11) is 0. The van der Waals surface area contributed by atoms with Crippen LogP contribution in [0.1, 0.15) is 33.6 Å². The summed E-state index contributed by atoms with van der Waals surface area (Å²) in [6.45, 7) is 0. The normalized spacial score (nSPS) is 17.1. The van der Waals surface area contributed by atoms with Gasteiger partial charge in [-0.1, -0.05) is 0 Å². The van der Waals surface area contributed by atoms with Crippen LogP contribution in [0, 0.1) is 0 Å². The van der Waals surface area contributed by atoms with Gasteiger partial charge in [-0.05, 0) is 24.3 Å². The van der Waals surface area contributed by atoms with Crippen molar-refractivity contribution in [2.24, 2.45) is 5.84 Å². The maximum absolute atomic E-state index is 12.1. The molecule has 1 aliphatic heterocycles. The lowest BCUT2D eigenvalue weighted by Crippen LogP contribution is -2.54. The first-order valence-corrected chi connectivity index (χ1v) is 5.75. The van der Waals surface area contributed by atoms with Gasteiger partial charge in [-0.15, -0.1) is 0 Å². The Hall–Kier alpha value is -2.42. The highest BCUT2D eigenvalue weighted by Crippen LogP contribution is 2.23. The fourth-order valence-corrected chi connectivity index (χ4v) is 1.94. The molecule has 0 spiro atoms. The molecule has 104 valence electrons. The number of imide groups is 3. The molecule has 0 aromatic heterocycles. The molecular formula is C12H12N3O5+. The highest BCUT2D eigenvalue weighted by atomic mass is 16.6. The van der Waals surface area contributed by atoms with Crippen LogP contribution in [0.3, 0.4) is 0 Å². The van der Waals surface area contributed by atoms with Crippen LogP contribution in [-0.2, 0) is 9.59 Å². The number of hydroxylamine groups is 3. The van der Waals surface area contributed by atoms with Gasteiger partial charge >= 0.3 is 17.7 Å². The van der Waals surface area contributed by atoms with E-state index in [0.29, 0.717) is 0 Å². The predicted octanol–water partition coefficient (Wildman–Crippen LogP) is -0.517. The summed E-state index contributed by atoms with van der Waals surface area (Å²) in [5, 5.41) is 9.96. The first-order valence-electron chi connectivity index (χ1n) is 5.75. The maximum Gasteiger partial charge on any atom is 0.393 e. The molecule has 1 fully saturated rings. The van der Waals surface area contributed by atoms with Crippen molar-refractivity contribution in [3.63, 3.8) is 0 Å². The molecule has 8 heteroatoms. The standard InChI is InChI=1S/C12H11N3O5/c13-14-11(18)7-1-3-8(4-2-7)12(19)15(20)9(16)5-6-10(15)17/h1-4,20H,5-6H2,(H2-,13,14,18,19)/p+1. The molecule has 1 aliphatic rings. The van der Waals surface area contributed by atoms with Gasteiger partial charge in [0.05, 0.1) is 18.4 Å². The lowest BCUT2D eigenvalue weighted by Gasteiger charge is -2.16. The zero-order chi connectivity index (χ0) is 14.9. The van der Waals surface area contributed by atoms with Gasteiger partial charge in [0.25, 0.3) is 5.91 Å². The summed E-state index contributed by atoms with van der Waals surface area (Å²) in [5.41, 5.74) is 2.07. The number of likely N-dealkylation sites (tertiary alicyclic amines) is 1. The number of rotatable bonds is 2. The molecule has 1 saturated heterocycles. The summed E-state index contributed by atoms with van der Waals surface area (Å²) in [6.07, 6.45) is -0.344. The first-order chi connectivity index (χ1) is 9.41. The number of hydrogen-bond acceptors (Lipinski definition) is 6. The number of hydrogen-bond donors (Lipinski definition) is 3. The van der Waals surface area contributed by atoms with Crippen LogP contribution in [0.25, 0.3) is 0 Å². The number of carbonyl (C=O) groups excluding carboxylic acids is 4. The number of hydrazine groups is 1. The summed E-state index contributed by atoms with van der Waals surface area (Å²) in [4.78, 5) is 46.4. The Morgan fingerprint density at radius 3 is 1.95 bits per heavy atom. The first kappa shape index (κ1) is 14.0. The third-order valence-corrected chi connectivity index (χ3v) is 3.09. The number of nitrogens with one attached hydrogen (secondary N) is 1. The Labute approximate surface area is 113 Å². The van der Waals surface area contributed by atoms with E-state index in [2.05, 4.69) is 0 Å². The van der Waals surface area contributed by atoms with Crippen molar-refractivity contribution in [1.29, 1.82) is 0 Å². The fraction of sp³-hybridized carbons (Fsp3) is 0.167. The van der Waals surface area contributed by atoms with E-state index in [-0.39, 0.29) is 24.0 Å². The predicted molar refractivity (Wildman–Crippen MR) is 63.7 cm³/mol. The smallest absolute Gasteiger partial charge is 0.290 e. The Balaban J connectivity index is 2.32. The number of nitrogen functional groups attached to an aromatic ring is 1. The topological polar surface area (TPSA) is 127 Å². The van der Waals surface area contributed by atoms with Crippen LogP contribution in [0.5, 0.6) is 0 Å². The number of benzene rings is 1. The SMILES string of the molecule is NNC(=O)c1ccc(C(=O)[N+]2(O)C(=O)CCC2=O)cc1. The monoisotopic (exact) mass is 278 g/mol. The Kier molecular flexibility index (Phi) is 3.45. The van der Waals surface area contributed by atoms with Crippen molar-refractivity contribution in [3.05, 3.63) is 35.4 Å². The number of nitrogens with two attached hydrogens (primary N) is 1. The van der Waals surface area contributed by atoms with Crippen LogP contribution >= 0.6 is 0 Å². The van der Waals surface area contributed by atoms with E-state index in [1.807, 2.05) is 5.43 Å². The Morgan fingerprint density at radius 2 is 1.50 bits per heavy atom. The molecule has 0 aliphatic carbocycles. The summed E-state index contributed by atoms with van der Waals surface area (Å²) >= 11 is 0. The van der Waals surface area contributed by atoms with Crippen LogP contribution in [0.4, 0.5) is 0 Å². The molecule has 4 N–H and O–H groups in total. The number of quaternary nitrogens is 1. The average molecular weight is 278 g/mol. The quantitative estimate of drug-likeness (QED) is 0.167. The zero-order valence-electron chi connectivity index (χ0n) is 10.3. The van der Waals surface area contributed by atoms with Gasteiger partial charge in [0.1, 0.15) is 0 Å². The van der Waals surface area contributed by atoms with E-state index < -0.39 is 28.3 Å². The highest BCUT2D eigenvalue weighted by molar-refractivity contribution is 6.07. The van der Waals surface area contributed by atoms with Crippen LogP contribution < -0.4 is 11.3 Å². The van der Waals surface area contributed by atoms with E-state index in [9.17, 15) is 24.4 Å². The van der Waals surface area contributed by atoms with Gasteiger partial charge in [0, 0.05) is 10.2 Å². The van der Waals surface area contributed by atoms with Gasteiger partial charge in [-0.2, -0.15) is 5.21 Å². The van der Waals surface area contributed by atoms with Crippen molar-refractivity contribution < 1.29 is 29.0 Å². The largest absolute Gasteiger partial charge is 0.393 e. The van der Waals surface area contributed by atoms with E-state index >= 15 is 0 Å². The second-order valence-corrected chi connectivity index (χ2v) is 4.28. The van der Waals surface area contributed by atoms with Crippen molar-refractivity contribution >= 4 is 23.6 Å². The molecule has 2 rings (SSSR count). The minimum absolute atomic E-state index is 0.0512. The van der Waals surface area contributed by atoms with Crippen LogP contribution in [0.15, 0.2) is 24.3 Å². The summed E-state index contributed by atoms with van der Waals surface area (Å²) < 4.78 is -1.84. The van der Waals surface area contributed by atoms with E-state index in [1.165, 1.54) is 24.3 Å². The minimum Gasteiger partial charge on any atom is -0.290 e. The lowest BCUT2D eigenvalue weighted by atomic mass is 10.1. The second-order valence-electron chi connectivity index (χ2n) is 4.28. The zero-order valence-corrected chi connectivity index (χ0v) is 10.3. The number of nitrogens with zero attached hydrogens (tertiary/aromatic N) is 1. The molecule has 4 amide bonds. The molecule has 0 unspecified atom stereocenters. The van der Waals surface area contributed by atoms with Gasteiger partial charge in [-0.25, -0.2) is 20.2 Å². The number of carbonyl (C=O) groups is 4. The maximum atomic E-state index is 12.1. The molecular weight excluding hydrogens is 266 g/mol. The number of amides is 4. The Bertz CT molecular complexity index is 592. The van der Waals surface area contributed by atoms with E-state index in [4.69, 9.17) is 5.84 Å². The summed E-state index contributed by atoms with van der Waals surface area (Å²) in [6, 6.07) is 5.07.